The Morgan fingerprint density at radius 1 is 1.50 bits per heavy atom. The van der Waals surface area contributed by atoms with Crippen LogP contribution in [0.25, 0.3) is 0 Å². The molecule has 20 heavy (non-hydrogen) atoms. The maximum atomic E-state index is 12.0. The molecule has 1 fully saturated rings. The highest BCUT2D eigenvalue weighted by molar-refractivity contribution is 8.04. The van der Waals surface area contributed by atoms with E-state index in [0.717, 1.165) is 17.0 Å². The van der Waals surface area contributed by atoms with Gasteiger partial charge in [0.2, 0.25) is 5.91 Å². The van der Waals surface area contributed by atoms with Gasteiger partial charge >= 0.3 is 0 Å². The standard InChI is InChI=1S/C14H16N2O3S/c1-9-6-10(19-3)4-5-11(9)15-12(17)7-14-16(2)13(18)8-20-14/h4-7H,8H2,1-3H3,(H,15,17)/b14-7-. The summed E-state index contributed by atoms with van der Waals surface area (Å²) in [5.74, 6) is 0.893. The number of carbonyl (C=O) groups is 2. The van der Waals surface area contributed by atoms with Gasteiger partial charge in [-0.3, -0.25) is 9.59 Å². The van der Waals surface area contributed by atoms with Gasteiger partial charge in [-0.05, 0) is 30.7 Å². The predicted molar refractivity (Wildman–Crippen MR) is 79.7 cm³/mol. The second-order valence-electron chi connectivity index (χ2n) is 4.39. The number of carbonyl (C=O) groups excluding carboxylic acids is 2. The fourth-order valence-electron chi connectivity index (χ4n) is 1.78. The second-order valence-corrected chi connectivity index (χ2v) is 5.39. The first-order valence-corrected chi connectivity index (χ1v) is 7.06. The number of aryl methyl sites for hydroxylation is 1. The zero-order chi connectivity index (χ0) is 14.7. The van der Waals surface area contributed by atoms with E-state index in [2.05, 4.69) is 5.32 Å². The highest BCUT2D eigenvalue weighted by Crippen LogP contribution is 2.27. The smallest absolute Gasteiger partial charge is 0.251 e. The maximum Gasteiger partial charge on any atom is 0.251 e. The number of ether oxygens (including phenoxy) is 1. The molecule has 2 amide bonds. The molecule has 5 nitrogen and oxygen atoms in total. The third-order valence-electron chi connectivity index (χ3n) is 2.99. The van der Waals surface area contributed by atoms with Crippen molar-refractivity contribution in [3.8, 4) is 5.75 Å². The van der Waals surface area contributed by atoms with Gasteiger partial charge in [0, 0.05) is 18.8 Å². The van der Waals surface area contributed by atoms with Crippen LogP contribution in [0.4, 0.5) is 5.69 Å². The van der Waals surface area contributed by atoms with Crippen molar-refractivity contribution in [2.45, 2.75) is 6.92 Å². The number of hydrogen-bond acceptors (Lipinski definition) is 4. The summed E-state index contributed by atoms with van der Waals surface area (Å²) in [4.78, 5) is 24.8. The average Bonchev–Trinajstić information content (AvgIpc) is 2.73. The van der Waals surface area contributed by atoms with Crippen LogP contribution >= 0.6 is 11.8 Å². The maximum absolute atomic E-state index is 12.0. The predicted octanol–water partition coefficient (Wildman–Crippen LogP) is 1.99. The minimum atomic E-state index is -0.248. The molecule has 0 saturated carbocycles. The molecule has 2 rings (SSSR count). The highest BCUT2D eigenvalue weighted by Gasteiger charge is 2.23. The van der Waals surface area contributed by atoms with Crippen LogP contribution in [0.1, 0.15) is 5.56 Å². The minimum absolute atomic E-state index is 0.00896. The van der Waals surface area contributed by atoms with E-state index in [1.54, 1.807) is 26.3 Å². The fourth-order valence-corrected chi connectivity index (χ4v) is 2.73. The van der Waals surface area contributed by atoms with Crippen molar-refractivity contribution >= 4 is 29.3 Å². The van der Waals surface area contributed by atoms with Gasteiger partial charge in [0.05, 0.1) is 17.9 Å². The van der Waals surface area contributed by atoms with Crippen LogP contribution < -0.4 is 10.1 Å². The Kier molecular flexibility index (Phi) is 4.34. The molecule has 0 aliphatic carbocycles. The van der Waals surface area contributed by atoms with Crippen LogP contribution in [0.3, 0.4) is 0 Å². The lowest BCUT2D eigenvalue weighted by atomic mass is 10.2. The van der Waals surface area contributed by atoms with Crippen molar-refractivity contribution in [1.82, 2.24) is 4.90 Å². The van der Waals surface area contributed by atoms with Gasteiger partial charge in [-0.1, -0.05) is 11.8 Å². The third kappa shape index (κ3) is 3.14. The Bertz CT molecular complexity index is 584. The molecule has 1 aromatic carbocycles. The molecule has 0 aromatic heterocycles. The van der Waals surface area contributed by atoms with Gasteiger partial charge in [-0.2, -0.15) is 0 Å². The molecule has 0 radical (unpaired) electrons. The van der Waals surface area contributed by atoms with Crippen LogP contribution in [-0.4, -0.2) is 36.6 Å². The summed E-state index contributed by atoms with van der Waals surface area (Å²) in [6, 6.07) is 5.43. The number of thioether (sulfide) groups is 1. The van der Waals surface area contributed by atoms with E-state index in [-0.39, 0.29) is 11.8 Å². The lowest BCUT2D eigenvalue weighted by molar-refractivity contribution is -0.124. The summed E-state index contributed by atoms with van der Waals surface area (Å²) in [5, 5.41) is 3.47. The van der Waals surface area contributed by atoms with Crippen LogP contribution in [0, 0.1) is 6.92 Å². The number of amides is 2. The van der Waals surface area contributed by atoms with Crippen LogP contribution in [0.15, 0.2) is 29.3 Å². The van der Waals surface area contributed by atoms with E-state index in [4.69, 9.17) is 4.74 Å². The molecular weight excluding hydrogens is 276 g/mol. The van der Waals surface area contributed by atoms with E-state index < -0.39 is 0 Å². The molecule has 1 aliphatic heterocycles. The number of nitrogens with zero attached hydrogens (tertiary/aromatic N) is 1. The first-order valence-electron chi connectivity index (χ1n) is 6.08. The third-order valence-corrected chi connectivity index (χ3v) is 4.07. The van der Waals surface area contributed by atoms with Crippen molar-refractivity contribution in [2.75, 3.05) is 25.2 Å². The van der Waals surface area contributed by atoms with Crippen molar-refractivity contribution in [1.29, 1.82) is 0 Å². The molecule has 0 unspecified atom stereocenters. The van der Waals surface area contributed by atoms with Gasteiger partial charge in [-0.25, -0.2) is 0 Å². The first kappa shape index (κ1) is 14.5. The van der Waals surface area contributed by atoms with Crippen molar-refractivity contribution in [3.05, 3.63) is 34.9 Å². The zero-order valence-electron chi connectivity index (χ0n) is 11.6. The number of rotatable bonds is 3. The summed E-state index contributed by atoms with van der Waals surface area (Å²) in [6.07, 6.45) is 1.44. The van der Waals surface area contributed by atoms with Gasteiger partial charge in [0.15, 0.2) is 0 Å². The molecular formula is C14H16N2O3S. The number of methoxy groups -OCH3 is 1. The van der Waals surface area contributed by atoms with E-state index in [1.165, 1.54) is 22.7 Å². The topological polar surface area (TPSA) is 58.6 Å². The number of hydrogen-bond donors (Lipinski definition) is 1. The van der Waals surface area contributed by atoms with Crippen LogP contribution in [0.2, 0.25) is 0 Å². The average molecular weight is 292 g/mol. The molecule has 6 heteroatoms. The Balaban J connectivity index is 2.09. The molecule has 1 heterocycles. The Hall–Kier alpha value is -1.95. The molecule has 1 saturated heterocycles. The van der Waals surface area contributed by atoms with E-state index in [1.807, 2.05) is 13.0 Å². The zero-order valence-corrected chi connectivity index (χ0v) is 12.4. The highest BCUT2D eigenvalue weighted by atomic mass is 32.2. The molecule has 1 aromatic rings. The number of benzene rings is 1. The second kappa shape index (κ2) is 6.00. The molecule has 0 bridgehead atoms. The lowest BCUT2D eigenvalue weighted by Crippen LogP contribution is -2.20. The minimum Gasteiger partial charge on any atom is -0.497 e. The lowest BCUT2D eigenvalue weighted by Gasteiger charge is -2.11. The van der Waals surface area contributed by atoms with Crippen molar-refractivity contribution in [3.63, 3.8) is 0 Å². The summed E-state index contributed by atoms with van der Waals surface area (Å²) in [7, 11) is 3.27. The molecule has 1 aliphatic rings. The van der Waals surface area contributed by atoms with Crippen LogP contribution in [-0.2, 0) is 9.59 Å². The Morgan fingerprint density at radius 2 is 2.25 bits per heavy atom. The van der Waals surface area contributed by atoms with Crippen LogP contribution in [0.5, 0.6) is 5.75 Å². The quantitative estimate of drug-likeness (QED) is 0.866. The summed E-state index contributed by atoms with van der Waals surface area (Å²) < 4.78 is 5.12. The first-order chi connectivity index (χ1) is 9.51. The number of anilines is 1. The van der Waals surface area contributed by atoms with Gasteiger partial charge in [-0.15, -0.1) is 0 Å². The molecule has 0 spiro atoms. The Morgan fingerprint density at radius 3 is 2.80 bits per heavy atom. The van der Waals surface area contributed by atoms with E-state index in [0.29, 0.717) is 10.8 Å². The fraction of sp³-hybridized carbons (Fsp3) is 0.286. The number of nitrogens with one attached hydrogen (secondary N) is 1. The monoisotopic (exact) mass is 292 g/mol. The summed E-state index contributed by atoms with van der Waals surface area (Å²) in [5.41, 5.74) is 1.64. The van der Waals surface area contributed by atoms with Crippen molar-refractivity contribution in [2.24, 2.45) is 0 Å². The largest absolute Gasteiger partial charge is 0.497 e. The summed E-state index contributed by atoms with van der Waals surface area (Å²) >= 11 is 1.36. The van der Waals surface area contributed by atoms with Gasteiger partial charge in [0.25, 0.3) is 5.91 Å². The SMILES string of the molecule is COc1ccc(NC(=O)/C=C2\SCC(=O)N2C)c(C)c1. The molecule has 106 valence electrons. The van der Waals surface area contributed by atoms with Gasteiger partial charge in [0.1, 0.15) is 5.75 Å². The van der Waals surface area contributed by atoms with E-state index in [9.17, 15) is 9.59 Å². The van der Waals surface area contributed by atoms with Crippen molar-refractivity contribution < 1.29 is 14.3 Å². The normalized spacial score (nSPS) is 16.6. The van der Waals surface area contributed by atoms with Gasteiger partial charge < -0.3 is 15.0 Å². The van der Waals surface area contributed by atoms with E-state index >= 15 is 0 Å². The molecule has 0 atom stereocenters. The Labute approximate surface area is 122 Å². The summed E-state index contributed by atoms with van der Waals surface area (Å²) in [6.45, 7) is 1.89. The molecule has 1 N–H and O–H groups in total.